The fourth-order valence-corrected chi connectivity index (χ4v) is 3.14. The Labute approximate surface area is 121 Å². The number of aromatic nitrogens is 2. The van der Waals surface area contributed by atoms with E-state index in [1.54, 1.807) is 0 Å². The van der Waals surface area contributed by atoms with Gasteiger partial charge in [-0.25, -0.2) is 0 Å². The minimum Gasteiger partial charge on any atom is -0.381 e. The Morgan fingerprint density at radius 3 is 2.75 bits per heavy atom. The first-order valence-corrected chi connectivity index (χ1v) is 7.74. The average molecular weight is 281 g/mol. The van der Waals surface area contributed by atoms with E-state index < -0.39 is 0 Å². The molecule has 0 spiro atoms. The number of ether oxygens (including phenoxy) is 2. The summed E-state index contributed by atoms with van der Waals surface area (Å²) in [6.45, 7) is 10.4. The predicted molar refractivity (Wildman–Crippen MR) is 78.7 cm³/mol. The number of nitrogens with one attached hydrogen (secondary N) is 1. The molecule has 1 saturated heterocycles. The van der Waals surface area contributed by atoms with Crippen LogP contribution in [0.3, 0.4) is 0 Å². The highest BCUT2D eigenvalue weighted by atomic mass is 16.5. The zero-order chi connectivity index (χ0) is 14.4. The van der Waals surface area contributed by atoms with Gasteiger partial charge < -0.3 is 14.8 Å². The molecule has 5 heteroatoms. The second-order valence-corrected chi connectivity index (χ2v) is 5.17. The Hall–Kier alpha value is -0.910. The van der Waals surface area contributed by atoms with Gasteiger partial charge in [0.25, 0.3) is 0 Å². The van der Waals surface area contributed by atoms with E-state index in [2.05, 4.69) is 41.9 Å². The maximum Gasteiger partial charge on any atom is 0.0935 e. The van der Waals surface area contributed by atoms with E-state index >= 15 is 0 Å². The van der Waals surface area contributed by atoms with Crippen molar-refractivity contribution >= 4 is 0 Å². The monoisotopic (exact) mass is 281 g/mol. The molecule has 0 saturated carbocycles. The molecule has 5 nitrogen and oxygen atoms in total. The summed E-state index contributed by atoms with van der Waals surface area (Å²) in [4.78, 5) is 0. The molecule has 0 radical (unpaired) electrons. The quantitative estimate of drug-likeness (QED) is 0.832. The zero-order valence-electron chi connectivity index (χ0n) is 12.9. The standard InChI is InChI=1S/C15H27N3O2/c1-4-16-14(13-7-10-17-18(13)5-2)15(20-6-3)8-11-19-12-9-15/h7,10,14,16H,4-6,8-9,11-12H2,1-3H3. The van der Waals surface area contributed by atoms with Crippen molar-refractivity contribution < 1.29 is 9.47 Å². The second kappa shape index (κ2) is 7.20. The molecule has 114 valence electrons. The highest BCUT2D eigenvalue weighted by Gasteiger charge is 2.43. The van der Waals surface area contributed by atoms with Crippen molar-refractivity contribution in [1.82, 2.24) is 15.1 Å². The lowest BCUT2D eigenvalue weighted by Gasteiger charge is -2.43. The molecule has 1 unspecified atom stereocenters. The summed E-state index contributed by atoms with van der Waals surface area (Å²) in [7, 11) is 0. The van der Waals surface area contributed by atoms with E-state index in [0.29, 0.717) is 0 Å². The van der Waals surface area contributed by atoms with Crippen LogP contribution in [-0.4, -0.2) is 41.7 Å². The van der Waals surface area contributed by atoms with E-state index in [0.717, 1.165) is 45.8 Å². The maximum atomic E-state index is 6.22. The predicted octanol–water partition coefficient (Wildman–Crippen LogP) is 2.14. The van der Waals surface area contributed by atoms with Crippen molar-refractivity contribution in [3.8, 4) is 0 Å². The third-order valence-electron chi connectivity index (χ3n) is 4.05. The number of likely N-dealkylation sites (N-methyl/N-ethyl adjacent to an activating group) is 1. The van der Waals surface area contributed by atoms with Crippen LogP contribution in [0.4, 0.5) is 0 Å². The molecule has 0 amide bonds. The highest BCUT2D eigenvalue weighted by molar-refractivity contribution is 5.14. The molecule has 20 heavy (non-hydrogen) atoms. The largest absolute Gasteiger partial charge is 0.381 e. The van der Waals surface area contributed by atoms with Gasteiger partial charge in [0, 0.05) is 45.4 Å². The van der Waals surface area contributed by atoms with Crippen LogP contribution in [0, 0.1) is 0 Å². The first-order valence-electron chi connectivity index (χ1n) is 7.74. The van der Waals surface area contributed by atoms with Crippen molar-refractivity contribution in [2.45, 2.75) is 51.8 Å². The normalized spacial score (nSPS) is 19.9. The summed E-state index contributed by atoms with van der Waals surface area (Å²) in [6, 6.07) is 2.27. The van der Waals surface area contributed by atoms with Crippen LogP contribution in [0.1, 0.15) is 45.3 Å². The summed E-state index contributed by atoms with van der Waals surface area (Å²) in [6.07, 6.45) is 3.73. The second-order valence-electron chi connectivity index (χ2n) is 5.17. The Kier molecular flexibility index (Phi) is 5.57. The Morgan fingerprint density at radius 2 is 2.15 bits per heavy atom. The van der Waals surface area contributed by atoms with E-state index in [1.165, 1.54) is 5.69 Å². The molecule has 0 aliphatic carbocycles. The van der Waals surface area contributed by atoms with Crippen molar-refractivity contribution in [2.75, 3.05) is 26.4 Å². The average Bonchev–Trinajstić information content (AvgIpc) is 2.94. The molecule has 1 fully saturated rings. The smallest absolute Gasteiger partial charge is 0.0935 e. The van der Waals surface area contributed by atoms with Crippen LogP contribution < -0.4 is 5.32 Å². The molecule has 1 atom stereocenters. The van der Waals surface area contributed by atoms with Crippen molar-refractivity contribution in [3.05, 3.63) is 18.0 Å². The number of rotatable bonds is 7. The topological polar surface area (TPSA) is 48.3 Å². The van der Waals surface area contributed by atoms with Gasteiger partial charge in [0.05, 0.1) is 17.3 Å². The molecule has 1 N–H and O–H groups in total. The van der Waals surface area contributed by atoms with Gasteiger partial charge in [-0.15, -0.1) is 0 Å². The van der Waals surface area contributed by atoms with Gasteiger partial charge in [0.2, 0.25) is 0 Å². The first-order chi connectivity index (χ1) is 9.77. The lowest BCUT2D eigenvalue weighted by Crippen LogP contribution is -2.50. The van der Waals surface area contributed by atoms with Crippen LogP contribution in [-0.2, 0) is 16.0 Å². The van der Waals surface area contributed by atoms with Gasteiger partial charge in [-0.2, -0.15) is 5.10 Å². The molecule has 2 rings (SSSR count). The van der Waals surface area contributed by atoms with Crippen LogP contribution in [0.2, 0.25) is 0 Å². The molecule has 1 aliphatic rings. The maximum absolute atomic E-state index is 6.22. The molecule has 0 aromatic carbocycles. The SMILES string of the molecule is CCNC(c1ccnn1CC)C1(OCC)CCOCC1. The molecule has 1 aromatic rings. The number of hydrogen-bond donors (Lipinski definition) is 1. The van der Waals surface area contributed by atoms with Crippen molar-refractivity contribution in [1.29, 1.82) is 0 Å². The summed E-state index contributed by atoms with van der Waals surface area (Å²) < 4.78 is 13.8. The van der Waals surface area contributed by atoms with Gasteiger partial charge in [0.1, 0.15) is 0 Å². The van der Waals surface area contributed by atoms with E-state index in [1.807, 2.05) is 6.20 Å². The summed E-state index contributed by atoms with van der Waals surface area (Å²) in [5.74, 6) is 0. The van der Waals surface area contributed by atoms with Gasteiger partial charge in [-0.3, -0.25) is 4.68 Å². The summed E-state index contributed by atoms with van der Waals surface area (Å²) in [5.41, 5.74) is 1.03. The van der Waals surface area contributed by atoms with Crippen LogP contribution in [0.25, 0.3) is 0 Å². The fraction of sp³-hybridized carbons (Fsp3) is 0.800. The summed E-state index contributed by atoms with van der Waals surface area (Å²) in [5, 5.41) is 8.03. The van der Waals surface area contributed by atoms with Crippen LogP contribution >= 0.6 is 0 Å². The highest BCUT2D eigenvalue weighted by Crippen LogP contribution is 2.37. The van der Waals surface area contributed by atoms with Crippen molar-refractivity contribution in [2.24, 2.45) is 0 Å². The number of hydrogen-bond acceptors (Lipinski definition) is 4. The zero-order valence-corrected chi connectivity index (χ0v) is 12.9. The Morgan fingerprint density at radius 1 is 1.40 bits per heavy atom. The third-order valence-corrected chi connectivity index (χ3v) is 4.05. The first kappa shape index (κ1) is 15.5. The van der Waals surface area contributed by atoms with Crippen LogP contribution in [0.15, 0.2) is 12.3 Å². The number of aryl methyl sites for hydroxylation is 1. The minimum absolute atomic E-state index is 0.166. The van der Waals surface area contributed by atoms with Crippen molar-refractivity contribution in [3.63, 3.8) is 0 Å². The van der Waals surface area contributed by atoms with Crippen LogP contribution in [0.5, 0.6) is 0 Å². The van der Waals surface area contributed by atoms with E-state index in [-0.39, 0.29) is 11.6 Å². The number of nitrogens with zero attached hydrogens (tertiary/aromatic N) is 2. The molecular formula is C15H27N3O2. The fourth-order valence-electron chi connectivity index (χ4n) is 3.14. The van der Waals surface area contributed by atoms with E-state index in [9.17, 15) is 0 Å². The van der Waals surface area contributed by atoms with Gasteiger partial charge in [-0.05, 0) is 26.5 Å². The van der Waals surface area contributed by atoms with Gasteiger partial charge >= 0.3 is 0 Å². The third kappa shape index (κ3) is 3.05. The molecule has 1 aromatic heterocycles. The van der Waals surface area contributed by atoms with Gasteiger partial charge in [-0.1, -0.05) is 6.92 Å². The molecule has 2 heterocycles. The lowest BCUT2D eigenvalue weighted by atomic mass is 9.83. The lowest BCUT2D eigenvalue weighted by molar-refractivity contribution is -0.129. The Balaban J connectivity index is 2.33. The minimum atomic E-state index is -0.185. The Bertz CT molecular complexity index is 394. The summed E-state index contributed by atoms with van der Waals surface area (Å²) >= 11 is 0. The molecule has 1 aliphatic heterocycles. The van der Waals surface area contributed by atoms with Gasteiger partial charge in [0.15, 0.2) is 0 Å². The molecular weight excluding hydrogens is 254 g/mol. The van der Waals surface area contributed by atoms with E-state index in [4.69, 9.17) is 9.47 Å². The molecule has 0 bridgehead atoms.